The zero-order valence-electron chi connectivity index (χ0n) is 17.5. The van der Waals surface area contributed by atoms with Crippen molar-refractivity contribution in [2.24, 2.45) is 12.0 Å². The fraction of sp³-hybridized carbons (Fsp3) is 0.550. The van der Waals surface area contributed by atoms with Gasteiger partial charge in [-0.25, -0.2) is 4.99 Å². The fourth-order valence-corrected chi connectivity index (χ4v) is 3.23. The Hall–Kier alpha value is -1.72. The molecule has 0 radical (unpaired) electrons. The van der Waals surface area contributed by atoms with E-state index in [2.05, 4.69) is 55.6 Å². The Kier molecular flexibility index (Phi) is 9.82. The highest BCUT2D eigenvalue weighted by molar-refractivity contribution is 14.0. The highest BCUT2D eigenvalue weighted by Crippen LogP contribution is 2.09. The number of ether oxygens (including phenoxy) is 1. The van der Waals surface area contributed by atoms with E-state index < -0.39 is 0 Å². The first kappa shape index (κ1) is 23.6. The molecule has 9 heteroatoms. The van der Waals surface area contributed by atoms with Crippen molar-refractivity contribution in [3.05, 3.63) is 47.5 Å². The van der Waals surface area contributed by atoms with Crippen molar-refractivity contribution >= 4 is 29.9 Å². The normalized spacial score (nSPS) is 15.3. The summed E-state index contributed by atoms with van der Waals surface area (Å²) in [7, 11) is 3.68. The van der Waals surface area contributed by atoms with Gasteiger partial charge < -0.3 is 19.5 Å². The van der Waals surface area contributed by atoms with Gasteiger partial charge in [0.25, 0.3) is 0 Å². The van der Waals surface area contributed by atoms with Crippen LogP contribution in [0.15, 0.2) is 35.3 Å². The summed E-state index contributed by atoms with van der Waals surface area (Å²) in [6, 6.07) is 10.6. The quantitative estimate of drug-likeness (QED) is 0.263. The van der Waals surface area contributed by atoms with E-state index in [1.165, 1.54) is 5.56 Å². The predicted molar refractivity (Wildman–Crippen MR) is 125 cm³/mol. The zero-order chi connectivity index (χ0) is 19.8. The lowest BCUT2D eigenvalue weighted by Gasteiger charge is -2.36. The number of piperazine rings is 1. The first-order valence-electron chi connectivity index (χ1n) is 9.80. The van der Waals surface area contributed by atoms with E-state index in [-0.39, 0.29) is 24.0 Å². The van der Waals surface area contributed by atoms with Gasteiger partial charge in [-0.3, -0.25) is 4.90 Å². The number of nitrogens with one attached hydrogen (secondary N) is 1. The SMILES string of the molecule is COCCNC(=NCc1nnc(C)n1C)N1CCN(Cc2ccccc2)CC1.I. The Labute approximate surface area is 190 Å². The topological polar surface area (TPSA) is 70.8 Å². The second-order valence-electron chi connectivity index (χ2n) is 7.03. The van der Waals surface area contributed by atoms with Gasteiger partial charge in [-0.05, 0) is 12.5 Å². The lowest BCUT2D eigenvalue weighted by Crippen LogP contribution is -2.52. The molecule has 1 fully saturated rings. The smallest absolute Gasteiger partial charge is 0.194 e. The molecule has 1 aromatic heterocycles. The third-order valence-electron chi connectivity index (χ3n) is 5.06. The van der Waals surface area contributed by atoms with Crippen molar-refractivity contribution < 1.29 is 4.74 Å². The summed E-state index contributed by atoms with van der Waals surface area (Å²) >= 11 is 0. The Balaban J connectivity index is 0.00000300. The van der Waals surface area contributed by atoms with Crippen LogP contribution in [0.1, 0.15) is 17.2 Å². The number of hydrogen-bond acceptors (Lipinski definition) is 5. The average Bonchev–Trinajstić information content (AvgIpc) is 3.04. The maximum Gasteiger partial charge on any atom is 0.194 e. The number of hydrogen-bond donors (Lipinski definition) is 1. The Morgan fingerprint density at radius 1 is 1.14 bits per heavy atom. The second kappa shape index (κ2) is 12.1. The maximum absolute atomic E-state index is 5.18. The number of guanidine groups is 1. The predicted octanol–water partition coefficient (Wildman–Crippen LogP) is 1.65. The van der Waals surface area contributed by atoms with Crippen molar-refractivity contribution in [2.75, 3.05) is 46.4 Å². The number of nitrogens with zero attached hydrogens (tertiary/aromatic N) is 6. The van der Waals surface area contributed by atoms with Gasteiger partial charge in [-0.2, -0.15) is 0 Å². The fourth-order valence-electron chi connectivity index (χ4n) is 3.23. The summed E-state index contributed by atoms with van der Waals surface area (Å²) in [5.41, 5.74) is 1.36. The molecule has 2 heterocycles. The van der Waals surface area contributed by atoms with Crippen LogP contribution < -0.4 is 5.32 Å². The van der Waals surface area contributed by atoms with Crippen molar-refractivity contribution in [2.45, 2.75) is 20.0 Å². The largest absolute Gasteiger partial charge is 0.383 e. The van der Waals surface area contributed by atoms with Crippen LogP contribution in [0.5, 0.6) is 0 Å². The van der Waals surface area contributed by atoms with Crippen LogP contribution in [0, 0.1) is 6.92 Å². The van der Waals surface area contributed by atoms with Crippen molar-refractivity contribution in [1.82, 2.24) is 29.9 Å². The van der Waals surface area contributed by atoms with Crippen LogP contribution in [-0.4, -0.2) is 77.0 Å². The lowest BCUT2D eigenvalue weighted by molar-refractivity contribution is 0.169. The molecule has 0 spiro atoms. The summed E-state index contributed by atoms with van der Waals surface area (Å²) < 4.78 is 7.16. The van der Waals surface area contributed by atoms with E-state index in [0.717, 1.165) is 56.9 Å². The van der Waals surface area contributed by atoms with Crippen molar-refractivity contribution in [3.8, 4) is 0 Å². The van der Waals surface area contributed by atoms with Crippen LogP contribution in [0.3, 0.4) is 0 Å². The van der Waals surface area contributed by atoms with Gasteiger partial charge in [-0.1, -0.05) is 30.3 Å². The molecular formula is C20H32IN7O. The minimum absolute atomic E-state index is 0. The van der Waals surface area contributed by atoms with Crippen LogP contribution in [0.4, 0.5) is 0 Å². The number of aliphatic imine (C=N–C) groups is 1. The summed E-state index contributed by atoms with van der Waals surface area (Å²) in [4.78, 5) is 9.62. The molecular weight excluding hydrogens is 481 g/mol. The van der Waals surface area contributed by atoms with Crippen LogP contribution in [0.2, 0.25) is 0 Å². The van der Waals surface area contributed by atoms with Gasteiger partial charge in [0.15, 0.2) is 11.8 Å². The van der Waals surface area contributed by atoms with E-state index in [0.29, 0.717) is 13.2 Å². The van der Waals surface area contributed by atoms with Crippen molar-refractivity contribution in [1.29, 1.82) is 0 Å². The number of aryl methyl sites for hydroxylation is 1. The summed E-state index contributed by atoms with van der Waals surface area (Å²) in [6.07, 6.45) is 0. The number of halogens is 1. The molecule has 1 aliphatic heterocycles. The number of benzene rings is 1. The third-order valence-corrected chi connectivity index (χ3v) is 5.06. The molecule has 29 heavy (non-hydrogen) atoms. The molecule has 0 saturated carbocycles. The standard InChI is InChI=1S/C20H31N7O.HI/c1-17-23-24-19(25(17)2)15-22-20(21-9-14-28-3)27-12-10-26(11-13-27)16-18-7-5-4-6-8-18;/h4-8H,9-16H2,1-3H3,(H,21,22);1H. The van der Waals surface area contributed by atoms with Gasteiger partial charge in [0.2, 0.25) is 0 Å². The number of rotatable bonds is 7. The van der Waals surface area contributed by atoms with Gasteiger partial charge in [-0.15, -0.1) is 34.2 Å². The molecule has 0 aliphatic carbocycles. The Morgan fingerprint density at radius 2 is 1.86 bits per heavy atom. The molecule has 0 unspecified atom stereocenters. The Morgan fingerprint density at radius 3 is 2.48 bits per heavy atom. The average molecular weight is 513 g/mol. The summed E-state index contributed by atoms with van der Waals surface area (Å²) in [6.45, 7) is 8.77. The minimum Gasteiger partial charge on any atom is -0.383 e. The van der Waals surface area contributed by atoms with E-state index in [9.17, 15) is 0 Å². The zero-order valence-corrected chi connectivity index (χ0v) is 19.9. The first-order chi connectivity index (χ1) is 13.7. The number of methoxy groups -OCH3 is 1. The molecule has 1 N–H and O–H groups in total. The molecule has 0 bridgehead atoms. The van der Waals surface area contributed by atoms with E-state index in [1.54, 1.807) is 7.11 Å². The highest BCUT2D eigenvalue weighted by atomic mass is 127. The maximum atomic E-state index is 5.18. The highest BCUT2D eigenvalue weighted by Gasteiger charge is 2.20. The molecule has 8 nitrogen and oxygen atoms in total. The molecule has 1 aromatic carbocycles. The molecule has 3 rings (SSSR count). The van der Waals surface area contributed by atoms with Crippen LogP contribution >= 0.6 is 24.0 Å². The van der Waals surface area contributed by atoms with E-state index in [4.69, 9.17) is 9.73 Å². The number of aromatic nitrogens is 3. The van der Waals surface area contributed by atoms with Gasteiger partial charge in [0, 0.05) is 53.4 Å². The summed E-state index contributed by atoms with van der Waals surface area (Å²) in [5.74, 6) is 2.68. The molecule has 2 aromatic rings. The summed E-state index contributed by atoms with van der Waals surface area (Å²) in [5, 5.41) is 11.8. The van der Waals surface area contributed by atoms with Crippen molar-refractivity contribution in [3.63, 3.8) is 0 Å². The van der Waals surface area contributed by atoms with Gasteiger partial charge in [0.1, 0.15) is 12.4 Å². The molecule has 0 amide bonds. The molecule has 160 valence electrons. The van der Waals surface area contributed by atoms with Gasteiger partial charge >= 0.3 is 0 Å². The lowest BCUT2D eigenvalue weighted by atomic mass is 10.2. The first-order valence-corrected chi connectivity index (χ1v) is 9.80. The third kappa shape index (κ3) is 6.93. The Bertz CT molecular complexity index is 757. The van der Waals surface area contributed by atoms with E-state index in [1.807, 2.05) is 18.5 Å². The van der Waals surface area contributed by atoms with Crippen LogP contribution in [0.25, 0.3) is 0 Å². The monoisotopic (exact) mass is 513 g/mol. The second-order valence-corrected chi connectivity index (χ2v) is 7.03. The molecule has 1 saturated heterocycles. The van der Waals surface area contributed by atoms with Crippen LogP contribution in [-0.2, 0) is 24.9 Å². The van der Waals surface area contributed by atoms with Gasteiger partial charge in [0.05, 0.1) is 6.61 Å². The van der Waals surface area contributed by atoms with E-state index >= 15 is 0 Å². The minimum atomic E-state index is 0. The molecule has 0 atom stereocenters. The molecule has 1 aliphatic rings.